The molecular weight excluding hydrogens is 298 g/mol. The number of aliphatic hydroxyl groups excluding tert-OH is 1. The average molecular weight is 328 g/mol. The first kappa shape index (κ1) is 21.1. The molecule has 0 saturated carbocycles. The van der Waals surface area contributed by atoms with E-state index in [-0.39, 0.29) is 30.8 Å². The van der Waals surface area contributed by atoms with Crippen molar-refractivity contribution < 1.29 is 9.90 Å². The number of aliphatic hydroxyl groups is 1. The van der Waals surface area contributed by atoms with Crippen LogP contribution in [0.2, 0.25) is 0 Å². The van der Waals surface area contributed by atoms with E-state index in [0.717, 1.165) is 24.0 Å². The van der Waals surface area contributed by atoms with E-state index in [1.807, 2.05) is 24.3 Å². The molecule has 1 aromatic rings. The lowest BCUT2D eigenvalue weighted by Crippen LogP contribution is -2.26. The molecule has 0 unspecified atom stereocenters. The SMILES string of the molecule is CCCCCCCCC(=O)c1ccc(C[C@H](N)CO)cc1.Cl. The molecule has 22 heavy (non-hydrogen) atoms. The standard InChI is InChI=1S/C18H29NO2.ClH/c1-2-3-4-5-6-7-8-18(21)16-11-9-15(10-12-16)13-17(19)14-20;/h9-12,17,20H,2-8,13-14,19H2,1H3;1H/t17-;/m0./s1. The summed E-state index contributed by atoms with van der Waals surface area (Å²) in [5.41, 5.74) is 7.55. The Labute approximate surface area is 140 Å². The number of halogens is 1. The number of carbonyl (C=O) groups is 1. The van der Waals surface area contributed by atoms with Gasteiger partial charge in [-0.15, -0.1) is 12.4 Å². The minimum absolute atomic E-state index is 0. The van der Waals surface area contributed by atoms with E-state index in [4.69, 9.17) is 10.8 Å². The molecule has 1 atom stereocenters. The van der Waals surface area contributed by atoms with Crippen molar-refractivity contribution in [2.24, 2.45) is 5.73 Å². The van der Waals surface area contributed by atoms with Gasteiger partial charge in [0.15, 0.2) is 5.78 Å². The number of Topliss-reactive ketones (excluding diaryl/α,β-unsaturated/α-hetero) is 1. The highest BCUT2D eigenvalue weighted by Gasteiger charge is 2.07. The van der Waals surface area contributed by atoms with Gasteiger partial charge in [0.05, 0.1) is 6.61 Å². The molecule has 0 spiro atoms. The van der Waals surface area contributed by atoms with Crippen molar-refractivity contribution in [3.05, 3.63) is 35.4 Å². The van der Waals surface area contributed by atoms with Gasteiger partial charge in [-0.05, 0) is 18.4 Å². The number of unbranched alkanes of at least 4 members (excludes halogenated alkanes) is 5. The maximum Gasteiger partial charge on any atom is 0.162 e. The molecule has 1 aromatic carbocycles. The maximum absolute atomic E-state index is 12.1. The third-order valence-electron chi connectivity index (χ3n) is 3.77. The normalized spacial score (nSPS) is 11.8. The summed E-state index contributed by atoms with van der Waals surface area (Å²) in [6, 6.07) is 7.39. The fourth-order valence-electron chi connectivity index (χ4n) is 2.40. The number of benzene rings is 1. The summed E-state index contributed by atoms with van der Waals surface area (Å²) in [7, 11) is 0. The summed E-state index contributed by atoms with van der Waals surface area (Å²) < 4.78 is 0. The molecular formula is C18H30ClNO2. The largest absolute Gasteiger partial charge is 0.395 e. The maximum atomic E-state index is 12.1. The van der Waals surface area contributed by atoms with Crippen LogP contribution in [0.1, 0.15) is 67.8 Å². The lowest BCUT2D eigenvalue weighted by molar-refractivity contribution is 0.0979. The highest BCUT2D eigenvalue weighted by Crippen LogP contribution is 2.12. The molecule has 0 aromatic heterocycles. The minimum atomic E-state index is -0.227. The number of rotatable bonds is 11. The zero-order chi connectivity index (χ0) is 15.5. The molecule has 0 fully saturated rings. The zero-order valence-corrected chi connectivity index (χ0v) is 14.4. The van der Waals surface area contributed by atoms with Crippen LogP contribution < -0.4 is 5.73 Å². The first-order chi connectivity index (χ1) is 10.2. The predicted molar refractivity (Wildman–Crippen MR) is 94.8 cm³/mol. The Bertz CT molecular complexity index is 406. The van der Waals surface area contributed by atoms with Crippen LogP contribution >= 0.6 is 12.4 Å². The Balaban J connectivity index is 0.00000441. The van der Waals surface area contributed by atoms with Crippen molar-refractivity contribution in [2.45, 2.75) is 64.3 Å². The van der Waals surface area contributed by atoms with Crippen LogP contribution in [0.3, 0.4) is 0 Å². The van der Waals surface area contributed by atoms with Gasteiger partial charge >= 0.3 is 0 Å². The van der Waals surface area contributed by atoms with Crippen LogP contribution in [0.5, 0.6) is 0 Å². The van der Waals surface area contributed by atoms with Gasteiger partial charge in [0, 0.05) is 18.0 Å². The number of carbonyl (C=O) groups excluding carboxylic acids is 1. The molecule has 4 heteroatoms. The number of ketones is 1. The smallest absolute Gasteiger partial charge is 0.162 e. The molecule has 0 aliphatic heterocycles. The average Bonchev–Trinajstić information content (AvgIpc) is 2.51. The minimum Gasteiger partial charge on any atom is -0.395 e. The number of hydrogen-bond donors (Lipinski definition) is 2. The molecule has 0 saturated heterocycles. The summed E-state index contributed by atoms with van der Waals surface area (Å²) in [6.45, 7) is 2.19. The molecule has 3 N–H and O–H groups in total. The Hall–Kier alpha value is -0.900. The van der Waals surface area contributed by atoms with Crippen LogP contribution in [0.25, 0.3) is 0 Å². The van der Waals surface area contributed by atoms with Crippen molar-refractivity contribution in [3.8, 4) is 0 Å². The summed E-state index contributed by atoms with van der Waals surface area (Å²) in [4.78, 5) is 12.1. The second-order valence-corrected chi connectivity index (χ2v) is 5.78. The van der Waals surface area contributed by atoms with Gasteiger partial charge in [0.25, 0.3) is 0 Å². The van der Waals surface area contributed by atoms with Gasteiger partial charge in [-0.1, -0.05) is 63.3 Å². The lowest BCUT2D eigenvalue weighted by Gasteiger charge is -2.08. The Morgan fingerprint density at radius 2 is 1.68 bits per heavy atom. The third kappa shape index (κ3) is 8.52. The van der Waals surface area contributed by atoms with E-state index in [1.165, 1.54) is 25.7 Å². The van der Waals surface area contributed by atoms with E-state index in [1.54, 1.807) is 0 Å². The molecule has 3 nitrogen and oxygen atoms in total. The Morgan fingerprint density at radius 3 is 2.27 bits per heavy atom. The van der Waals surface area contributed by atoms with E-state index in [2.05, 4.69) is 6.92 Å². The first-order valence-electron chi connectivity index (χ1n) is 8.16. The van der Waals surface area contributed by atoms with E-state index in [0.29, 0.717) is 12.8 Å². The number of hydrogen-bond acceptors (Lipinski definition) is 3. The fourth-order valence-corrected chi connectivity index (χ4v) is 2.40. The van der Waals surface area contributed by atoms with Crippen molar-refractivity contribution in [2.75, 3.05) is 6.61 Å². The monoisotopic (exact) mass is 327 g/mol. The van der Waals surface area contributed by atoms with Crippen molar-refractivity contribution in [1.82, 2.24) is 0 Å². The van der Waals surface area contributed by atoms with Crippen molar-refractivity contribution in [3.63, 3.8) is 0 Å². The molecule has 0 aliphatic rings. The molecule has 1 rings (SSSR count). The fraction of sp³-hybridized carbons (Fsp3) is 0.611. The molecule has 126 valence electrons. The highest BCUT2D eigenvalue weighted by atomic mass is 35.5. The highest BCUT2D eigenvalue weighted by molar-refractivity contribution is 5.96. The van der Waals surface area contributed by atoms with Crippen molar-refractivity contribution >= 4 is 18.2 Å². The predicted octanol–water partition coefficient (Wildman–Crippen LogP) is 3.90. The van der Waals surface area contributed by atoms with E-state index < -0.39 is 0 Å². The Morgan fingerprint density at radius 1 is 1.09 bits per heavy atom. The van der Waals surface area contributed by atoms with E-state index >= 15 is 0 Å². The quantitative estimate of drug-likeness (QED) is 0.478. The molecule has 0 amide bonds. The van der Waals surface area contributed by atoms with Crippen LogP contribution in [-0.2, 0) is 6.42 Å². The van der Waals surface area contributed by atoms with E-state index in [9.17, 15) is 4.79 Å². The van der Waals surface area contributed by atoms with Gasteiger partial charge < -0.3 is 10.8 Å². The van der Waals surface area contributed by atoms with Gasteiger partial charge in [0.2, 0.25) is 0 Å². The first-order valence-corrected chi connectivity index (χ1v) is 8.16. The van der Waals surface area contributed by atoms with Gasteiger partial charge in [0.1, 0.15) is 0 Å². The van der Waals surface area contributed by atoms with Crippen LogP contribution in [0.15, 0.2) is 24.3 Å². The lowest BCUT2D eigenvalue weighted by atomic mass is 10.0. The Kier molecular flexibility index (Phi) is 12.1. The van der Waals surface area contributed by atoms with Crippen LogP contribution in [0, 0.1) is 0 Å². The molecule has 0 bridgehead atoms. The molecule has 0 radical (unpaired) electrons. The topological polar surface area (TPSA) is 63.3 Å². The summed E-state index contributed by atoms with van der Waals surface area (Å²) in [5, 5.41) is 8.93. The molecule has 0 heterocycles. The van der Waals surface area contributed by atoms with Gasteiger partial charge in [-0.3, -0.25) is 4.79 Å². The zero-order valence-electron chi connectivity index (χ0n) is 13.6. The number of nitrogens with two attached hydrogens (primary N) is 1. The van der Waals surface area contributed by atoms with Gasteiger partial charge in [-0.2, -0.15) is 0 Å². The molecule has 0 aliphatic carbocycles. The van der Waals surface area contributed by atoms with Crippen LogP contribution in [-0.4, -0.2) is 23.5 Å². The second-order valence-electron chi connectivity index (χ2n) is 5.78. The van der Waals surface area contributed by atoms with Crippen LogP contribution in [0.4, 0.5) is 0 Å². The summed E-state index contributed by atoms with van der Waals surface area (Å²) in [6.07, 6.45) is 8.49. The summed E-state index contributed by atoms with van der Waals surface area (Å²) in [5.74, 6) is 0.225. The van der Waals surface area contributed by atoms with Crippen molar-refractivity contribution in [1.29, 1.82) is 0 Å². The summed E-state index contributed by atoms with van der Waals surface area (Å²) >= 11 is 0. The second kappa shape index (κ2) is 12.6. The van der Waals surface area contributed by atoms with Gasteiger partial charge in [-0.25, -0.2) is 0 Å². The third-order valence-corrected chi connectivity index (χ3v) is 3.77.